The second-order valence-electron chi connectivity index (χ2n) is 4.60. The molecular formula is C11H24N2O2S. The molecule has 1 atom stereocenters. The van der Waals surface area contributed by atoms with Crippen LogP contribution in [0, 0.1) is 0 Å². The van der Waals surface area contributed by atoms with Crippen molar-refractivity contribution in [1.82, 2.24) is 10.2 Å². The van der Waals surface area contributed by atoms with Gasteiger partial charge in [-0.2, -0.15) is 0 Å². The van der Waals surface area contributed by atoms with Crippen LogP contribution in [-0.2, 0) is 9.84 Å². The summed E-state index contributed by atoms with van der Waals surface area (Å²) in [6, 6.07) is 0. The summed E-state index contributed by atoms with van der Waals surface area (Å²) < 4.78 is 23.6. The van der Waals surface area contributed by atoms with E-state index in [0.29, 0.717) is 12.3 Å². The van der Waals surface area contributed by atoms with Gasteiger partial charge in [-0.1, -0.05) is 13.3 Å². The molecule has 1 N–H and O–H groups in total. The van der Waals surface area contributed by atoms with Crippen LogP contribution in [0.2, 0.25) is 0 Å². The zero-order valence-corrected chi connectivity index (χ0v) is 11.2. The summed E-state index contributed by atoms with van der Waals surface area (Å²) in [5.41, 5.74) is 0. The Balaban J connectivity index is 2.34. The minimum absolute atomic E-state index is 0.132. The van der Waals surface area contributed by atoms with Gasteiger partial charge in [0.05, 0.1) is 11.0 Å². The summed E-state index contributed by atoms with van der Waals surface area (Å²) in [6.45, 7) is 5.58. The lowest BCUT2D eigenvalue weighted by atomic mass is 10.2. The molecule has 1 saturated heterocycles. The van der Waals surface area contributed by atoms with E-state index in [1.165, 1.54) is 0 Å². The second-order valence-corrected chi connectivity index (χ2v) is 7.00. The number of hydrogen-bond donors (Lipinski definition) is 1. The van der Waals surface area contributed by atoms with Crippen molar-refractivity contribution in [2.45, 2.75) is 31.4 Å². The van der Waals surface area contributed by atoms with Crippen LogP contribution >= 0.6 is 0 Å². The Hall–Kier alpha value is -0.130. The van der Waals surface area contributed by atoms with E-state index >= 15 is 0 Å². The van der Waals surface area contributed by atoms with Crippen LogP contribution in [0.25, 0.3) is 0 Å². The first-order valence-corrected chi connectivity index (χ1v) is 7.88. The topological polar surface area (TPSA) is 49.4 Å². The molecule has 1 fully saturated rings. The minimum Gasteiger partial charge on any atom is -0.316 e. The fraction of sp³-hybridized carbons (Fsp3) is 1.00. The number of rotatable bonds is 6. The summed E-state index contributed by atoms with van der Waals surface area (Å²) in [5.74, 6) is 0.388. The number of likely N-dealkylation sites (N-methyl/N-ethyl adjacent to an activating group) is 2. The van der Waals surface area contributed by atoms with Gasteiger partial charge in [-0.15, -0.1) is 0 Å². The Kier molecular flexibility index (Phi) is 5.72. The van der Waals surface area contributed by atoms with E-state index in [2.05, 4.69) is 17.1 Å². The van der Waals surface area contributed by atoms with Crippen molar-refractivity contribution < 1.29 is 8.42 Å². The van der Waals surface area contributed by atoms with E-state index in [0.717, 1.165) is 38.9 Å². The van der Waals surface area contributed by atoms with Crippen molar-refractivity contribution in [3.63, 3.8) is 0 Å². The van der Waals surface area contributed by atoms with E-state index in [9.17, 15) is 8.42 Å². The van der Waals surface area contributed by atoms with Gasteiger partial charge in [0.25, 0.3) is 0 Å². The molecule has 1 unspecified atom stereocenters. The van der Waals surface area contributed by atoms with Crippen LogP contribution in [0.5, 0.6) is 0 Å². The molecule has 0 spiro atoms. The van der Waals surface area contributed by atoms with Crippen LogP contribution in [0.4, 0.5) is 0 Å². The molecule has 1 aliphatic heterocycles. The normalized spacial score (nSPS) is 24.8. The highest BCUT2D eigenvalue weighted by atomic mass is 32.2. The SMILES string of the molecule is CCNCCN(C)CC1CCCCS1(=O)=O. The summed E-state index contributed by atoms with van der Waals surface area (Å²) in [6.07, 6.45) is 2.75. The van der Waals surface area contributed by atoms with Gasteiger partial charge in [0.2, 0.25) is 0 Å². The first-order valence-electron chi connectivity index (χ1n) is 6.17. The van der Waals surface area contributed by atoms with Crippen molar-refractivity contribution >= 4 is 9.84 Å². The molecule has 0 bridgehead atoms. The predicted octanol–water partition coefficient (Wildman–Crippen LogP) is 0.495. The first kappa shape index (κ1) is 13.9. The van der Waals surface area contributed by atoms with E-state index < -0.39 is 9.84 Å². The van der Waals surface area contributed by atoms with E-state index in [4.69, 9.17) is 0 Å². The molecule has 0 aliphatic carbocycles. The minimum atomic E-state index is -2.81. The molecule has 0 radical (unpaired) electrons. The molecule has 16 heavy (non-hydrogen) atoms. The molecule has 5 heteroatoms. The smallest absolute Gasteiger partial charge is 0.154 e. The molecule has 1 heterocycles. The molecule has 4 nitrogen and oxygen atoms in total. The molecule has 0 amide bonds. The van der Waals surface area contributed by atoms with Gasteiger partial charge in [0.15, 0.2) is 9.84 Å². The Morgan fingerprint density at radius 1 is 1.38 bits per heavy atom. The summed E-state index contributed by atoms with van der Waals surface area (Å²) >= 11 is 0. The molecule has 0 aromatic rings. The third-order valence-electron chi connectivity index (χ3n) is 3.15. The molecule has 1 rings (SSSR count). The maximum Gasteiger partial charge on any atom is 0.154 e. The molecule has 0 aromatic heterocycles. The van der Waals surface area contributed by atoms with Crippen molar-refractivity contribution in [1.29, 1.82) is 0 Å². The summed E-state index contributed by atoms with van der Waals surface area (Å²) in [7, 11) is -0.810. The van der Waals surface area contributed by atoms with Crippen molar-refractivity contribution in [2.24, 2.45) is 0 Å². The number of hydrogen-bond acceptors (Lipinski definition) is 4. The Bertz CT molecular complexity index is 290. The Morgan fingerprint density at radius 3 is 2.75 bits per heavy atom. The molecule has 1 aliphatic rings. The summed E-state index contributed by atoms with van der Waals surface area (Å²) in [5, 5.41) is 3.11. The van der Waals surface area contributed by atoms with Crippen molar-refractivity contribution in [2.75, 3.05) is 39.0 Å². The quantitative estimate of drug-likeness (QED) is 0.695. The second kappa shape index (κ2) is 6.57. The number of nitrogens with one attached hydrogen (secondary N) is 1. The van der Waals surface area contributed by atoms with Gasteiger partial charge in [-0.05, 0) is 26.4 Å². The molecule has 0 saturated carbocycles. The third-order valence-corrected chi connectivity index (χ3v) is 5.41. The highest BCUT2D eigenvalue weighted by molar-refractivity contribution is 7.92. The van der Waals surface area contributed by atoms with Gasteiger partial charge in [-0.3, -0.25) is 0 Å². The lowest BCUT2D eigenvalue weighted by Gasteiger charge is -2.27. The van der Waals surface area contributed by atoms with Crippen LogP contribution < -0.4 is 5.32 Å². The van der Waals surface area contributed by atoms with Crippen molar-refractivity contribution in [3.8, 4) is 0 Å². The fourth-order valence-corrected chi connectivity index (χ4v) is 4.06. The standard InChI is InChI=1S/C11H24N2O2S/c1-3-12-7-8-13(2)10-11-6-4-5-9-16(11,14)15/h11-12H,3-10H2,1-2H3. The number of sulfone groups is 1. The highest BCUT2D eigenvalue weighted by Gasteiger charge is 2.29. The van der Waals surface area contributed by atoms with Crippen molar-refractivity contribution in [3.05, 3.63) is 0 Å². The zero-order valence-electron chi connectivity index (χ0n) is 10.4. The summed E-state index contributed by atoms with van der Waals surface area (Å²) in [4.78, 5) is 2.12. The van der Waals surface area contributed by atoms with Gasteiger partial charge in [-0.25, -0.2) is 8.42 Å². The fourth-order valence-electron chi connectivity index (χ4n) is 2.11. The Labute approximate surface area is 99.3 Å². The van der Waals surface area contributed by atoms with E-state index in [1.807, 2.05) is 7.05 Å². The average molecular weight is 248 g/mol. The maximum atomic E-state index is 11.8. The lowest BCUT2D eigenvalue weighted by Crippen LogP contribution is -2.40. The first-order chi connectivity index (χ1) is 7.56. The number of nitrogens with zero attached hydrogens (tertiary/aromatic N) is 1. The van der Waals surface area contributed by atoms with Gasteiger partial charge >= 0.3 is 0 Å². The maximum absolute atomic E-state index is 11.8. The van der Waals surface area contributed by atoms with Crippen LogP contribution in [0.3, 0.4) is 0 Å². The zero-order chi connectivity index (χ0) is 12.0. The van der Waals surface area contributed by atoms with E-state index in [1.54, 1.807) is 0 Å². The van der Waals surface area contributed by atoms with Gasteiger partial charge in [0, 0.05) is 19.6 Å². The third kappa shape index (κ3) is 4.39. The van der Waals surface area contributed by atoms with Crippen LogP contribution in [0.15, 0.2) is 0 Å². The van der Waals surface area contributed by atoms with Gasteiger partial charge in [0.1, 0.15) is 0 Å². The molecular weight excluding hydrogens is 224 g/mol. The average Bonchev–Trinajstić information content (AvgIpc) is 2.21. The van der Waals surface area contributed by atoms with Crippen LogP contribution in [0.1, 0.15) is 26.2 Å². The lowest BCUT2D eigenvalue weighted by molar-refractivity contribution is 0.320. The Morgan fingerprint density at radius 2 is 2.12 bits per heavy atom. The largest absolute Gasteiger partial charge is 0.316 e. The predicted molar refractivity (Wildman–Crippen MR) is 67.5 cm³/mol. The van der Waals surface area contributed by atoms with Crippen LogP contribution in [-0.4, -0.2) is 57.5 Å². The van der Waals surface area contributed by atoms with Gasteiger partial charge < -0.3 is 10.2 Å². The van der Waals surface area contributed by atoms with E-state index in [-0.39, 0.29) is 5.25 Å². The molecule has 0 aromatic carbocycles. The highest BCUT2D eigenvalue weighted by Crippen LogP contribution is 2.19. The molecule has 96 valence electrons. The monoisotopic (exact) mass is 248 g/mol.